The summed E-state index contributed by atoms with van der Waals surface area (Å²) < 4.78 is 6.49. The number of hydrogen-bond donors (Lipinski definition) is 1. The Morgan fingerprint density at radius 3 is 2.78 bits per heavy atom. The van der Waals surface area contributed by atoms with Crippen LogP contribution in [0.2, 0.25) is 5.02 Å². The highest BCUT2D eigenvalue weighted by Gasteiger charge is 2.18. The molecule has 0 aliphatic carbocycles. The Morgan fingerprint density at radius 1 is 1.50 bits per heavy atom. The second-order valence-corrected chi connectivity index (χ2v) is 4.12. The van der Waals surface area contributed by atoms with Crippen LogP contribution < -0.4 is 4.74 Å². The number of carboxylic acid groups (broad SMARTS) is 1. The van der Waals surface area contributed by atoms with Gasteiger partial charge in [0.1, 0.15) is 17.0 Å². The molecule has 1 aromatic carbocycles. The molecule has 0 saturated heterocycles. The van der Waals surface area contributed by atoms with Crippen LogP contribution in [0.5, 0.6) is 5.75 Å². The molecule has 6 heteroatoms. The molecule has 2 rings (SSSR count). The van der Waals surface area contributed by atoms with Gasteiger partial charge >= 0.3 is 5.97 Å². The number of rotatable bonds is 3. The van der Waals surface area contributed by atoms with Gasteiger partial charge in [-0.15, -0.1) is 0 Å². The summed E-state index contributed by atoms with van der Waals surface area (Å²) in [6.07, 6.45) is 1.44. The molecule has 18 heavy (non-hydrogen) atoms. The smallest absolute Gasteiger partial charge is 0.339 e. The zero-order chi connectivity index (χ0) is 13.3. The summed E-state index contributed by atoms with van der Waals surface area (Å²) in [5, 5.41) is 13.6. The SMILES string of the molecule is COc1ccc(-c2nn(C)cc2C(=O)O)c(Cl)c1. The van der Waals surface area contributed by atoms with Gasteiger partial charge in [-0.05, 0) is 18.2 Å². The first-order valence-electron chi connectivity index (χ1n) is 5.13. The van der Waals surface area contributed by atoms with Gasteiger partial charge in [-0.3, -0.25) is 4.68 Å². The van der Waals surface area contributed by atoms with E-state index in [1.165, 1.54) is 18.0 Å². The number of ether oxygens (including phenoxy) is 1. The maximum absolute atomic E-state index is 11.1. The number of hydrogen-bond acceptors (Lipinski definition) is 3. The van der Waals surface area contributed by atoms with Gasteiger partial charge in [-0.2, -0.15) is 5.10 Å². The standard InChI is InChI=1S/C12H11ClN2O3/c1-15-6-9(12(16)17)11(14-15)8-4-3-7(18-2)5-10(8)13/h3-6H,1-2H3,(H,16,17). The average molecular weight is 267 g/mol. The minimum absolute atomic E-state index is 0.115. The molecule has 1 N–H and O–H groups in total. The van der Waals surface area contributed by atoms with E-state index in [1.54, 1.807) is 25.2 Å². The van der Waals surface area contributed by atoms with Gasteiger partial charge in [0.25, 0.3) is 0 Å². The topological polar surface area (TPSA) is 64.4 Å². The van der Waals surface area contributed by atoms with Crippen molar-refractivity contribution in [2.45, 2.75) is 0 Å². The molecule has 0 unspecified atom stereocenters. The molecule has 94 valence electrons. The number of benzene rings is 1. The molecule has 2 aromatic rings. The fourth-order valence-electron chi connectivity index (χ4n) is 1.66. The van der Waals surface area contributed by atoms with E-state index in [2.05, 4.69) is 5.10 Å². The summed E-state index contributed by atoms with van der Waals surface area (Å²) in [5.74, 6) is -0.429. The lowest BCUT2D eigenvalue weighted by Gasteiger charge is -2.05. The summed E-state index contributed by atoms with van der Waals surface area (Å²) >= 11 is 6.11. The molecular formula is C12H11ClN2O3. The van der Waals surface area contributed by atoms with Gasteiger partial charge in [0.15, 0.2) is 0 Å². The molecule has 0 fully saturated rings. The van der Waals surface area contributed by atoms with Gasteiger partial charge < -0.3 is 9.84 Å². The summed E-state index contributed by atoms with van der Waals surface area (Å²) in [5.41, 5.74) is 1.03. The molecule has 1 heterocycles. The van der Waals surface area contributed by atoms with Gasteiger partial charge in [0.2, 0.25) is 0 Å². The van der Waals surface area contributed by atoms with Crippen molar-refractivity contribution >= 4 is 17.6 Å². The van der Waals surface area contributed by atoms with Crippen LogP contribution in [0.25, 0.3) is 11.3 Å². The van der Waals surface area contributed by atoms with Crippen molar-refractivity contribution in [3.63, 3.8) is 0 Å². The van der Waals surface area contributed by atoms with E-state index in [0.29, 0.717) is 22.0 Å². The van der Waals surface area contributed by atoms with Crippen molar-refractivity contribution < 1.29 is 14.6 Å². The van der Waals surface area contributed by atoms with E-state index in [4.69, 9.17) is 21.4 Å². The highest BCUT2D eigenvalue weighted by atomic mass is 35.5. The second-order valence-electron chi connectivity index (χ2n) is 3.72. The summed E-state index contributed by atoms with van der Waals surface area (Å²) in [7, 11) is 3.20. The van der Waals surface area contributed by atoms with Crippen molar-refractivity contribution in [1.29, 1.82) is 0 Å². The highest BCUT2D eigenvalue weighted by molar-refractivity contribution is 6.33. The quantitative estimate of drug-likeness (QED) is 0.927. The lowest BCUT2D eigenvalue weighted by atomic mass is 10.1. The van der Waals surface area contributed by atoms with Gasteiger partial charge in [0, 0.05) is 18.8 Å². The Bertz CT molecular complexity index is 607. The number of methoxy groups -OCH3 is 1. The van der Waals surface area contributed by atoms with Crippen molar-refractivity contribution in [1.82, 2.24) is 9.78 Å². The molecule has 0 aliphatic heterocycles. The van der Waals surface area contributed by atoms with E-state index >= 15 is 0 Å². The highest BCUT2D eigenvalue weighted by Crippen LogP contribution is 2.32. The lowest BCUT2D eigenvalue weighted by Crippen LogP contribution is -1.97. The maximum atomic E-state index is 11.1. The molecule has 5 nitrogen and oxygen atoms in total. The minimum atomic E-state index is -1.04. The van der Waals surface area contributed by atoms with Crippen LogP contribution in [0.1, 0.15) is 10.4 Å². The van der Waals surface area contributed by atoms with Crippen LogP contribution in [0.4, 0.5) is 0 Å². The Labute approximate surface area is 109 Å². The lowest BCUT2D eigenvalue weighted by molar-refractivity contribution is 0.0697. The fourth-order valence-corrected chi connectivity index (χ4v) is 1.92. The Morgan fingerprint density at radius 2 is 2.22 bits per heavy atom. The van der Waals surface area contributed by atoms with Crippen LogP contribution in [0.3, 0.4) is 0 Å². The van der Waals surface area contributed by atoms with E-state index in [1.807, 2.05) is 0 Å². The molecule has 0 radical (unpaired) electrons. The molecule has 0 saturated carbocycles. The predicted octanol–water partition coefficient (Wildman–Crippen LogP) is 2.45. The summed E-state index contributed by atoms with van der Waals surface area (Å²) in [4.78, 5) is 11.1. The van der Waals surface area contributed by atoms with Crippen LogP contribution in [-0.2, 0) is 7.05 Å². The van der Waals surface area contributed by atoms with Crippen molar-refractivity contribution in [2.75, 3.05) is 7.11 Å². The third-order valence-corrected chi connectivity index (χ3v) is 2.80. The monoisotopic (exact) mass is 266 g/mol. The van der Waals surface area contributed by atoms with E-state index in [9.17, 15) is 4.79 Å². The number of carboxylic acids is 1. The number of carbonyl (C=O) groups is 1. The Balaban J connectivity index is 2.58. The van der Waals surface area contributed by atoms with Crippen molar-refractivity contribution in [3.05, 3.63) is 35.0 Å². The zero-order valence-corrected chi connectivity index (χ0v) is 10.6. The molecular weight excluding hydrogens is 256 g/mol. The molecule has 0 aliphatic rings. The number of halogens is 1. The molecule has 0 spiro atoms. The summed E-state index contributed by atoms with van der Waals surface area (Å²) in [6.45, 7) is 0. The largest absolute Gasteiger partial charge is 0.497 e. The van der Waals surface area contributed by atoms with Crippen LogP contribution in [0, 0.1) is 0 Å². The zero-order valence-electron chi connectivity index (χ0n) is 9.85. The molecule has 1 aromatic heterocycles. The van der Waals surface area contributed by atoms with E-state index < -0.39 is 5.97 Å². The van der Waals surface area contributed by atoms with Gasteiger partial charge in [-0.1, -0.05) is 11.6 Å². The number of nitrogens with zero attached hydrogens (tertiary/aromatic N) is 2. The molecule has 0 atom stereocenters. The van der Waals surface area contributed by atoms with E-state index in [0.717, 1.165) is 0 Å². The average Bonchev–Trinajstić information content (AvgIpc) is 2.71. The van der Waals surface area contributed by atoms with E-state index in [-0.39, 0.29) is 5.56 Å². The number of aromatic carboxylic acids is 1. The summed E-state index contributed by atoms with van der Waals surface area (Å²) in [6, 6.07) is 5.02. The number of aromatic nitrogens is 2. The first-order chi connectivity index (χ1) is 8.52. The van der Waals surface area contributed by atoms with Crippen molar-refractivity contribution in [2.24, 2.45) is 7.05 Å². The first kappa shape index (κ1) is 12.4. The molecule has 0 amide bonds. The third kappa shape index (κ3) is 2.17. The van der Waals surface area contributed by atoms with Crippen LogP contribution >= 0.6 is 11.6 Å². The van der Waals surface area contributed by atoms with Crippen LogP contribution in [0.15, 0.2) is 24.4 Å². The number of aryl methyl sites for hydroxylation is 1. The fraction of sp³-hybridized carbons (Fsp3) is 0.167. The van der Waals surface area contributed by atoms with Gasteiger partial charge in [-0.25, -0.2) is 4.79 Å². The molecule has 0 bridgehead atoms. The maximum Gasteiger partial charge on any atom is 0.339 e. The van der Waals surface area contributed by atoms with Crippen LogP contribution in [-0.4, -0.2) is 28.0 Å². The predicted molar refractivity (Wildman–Crippen MR) is 67.2 cm³/mol. The normalized spacial score (nSPS) is 10.4. The second kappa shape index (κ2) is 4.70. The third-order valence-electron chi connectivity index (χ3n) is 2.49. The minimum Gasteiger partial charge on any atom is -0.497 e. The van der Waals surface area contributed by atoms with Crippen molar-refractivity contribution in [3.8, 4) is 17.0 Å². The van der Waals surface area contributed by atoms with Gasteiger partial charge in [0.05, 0.1) is 12.1 Å². The Hall–Kier alpha value is -2.01. The Kier molecular flexibility index (Phi) is 3.25. The first-order valence-corrected chi connectivity index (χ1v) is 5.51.